The third-order valence-electron chi connectivity index (χ3n) is 4.36. The van der Waals surface area contributed by atoms with Gasteiger partial charge in [0.25, 0.3) is 0 Å². The van der Waals surface area contributed by atoms with Crippen molar-refractivity contribution in [1.82, 2.24) is 5.32 Å². The molecule has 0 saturated heterocycles. The standard InChI is InChI=1S/C17H23NO2/c19-17(9-5-1-2-6-10-17)13-18-11-14-12-20-16-8-4-3-7-15(14)16/h3-4,7-8,12,18-19H,1-2,5-6,9-11,13H2. The molecular weight excluding hydrogens is 250 g/mol. The first kappa shape index (κ1) is 13.7. The van der Waals surface area contributed by atoms with Crippen molar-refractivity contribution in [3.05, 3.63) is 36.1 Å². The maximum atomic E-state index is 10.6. The minimum Gasteiger partial charge on any atom is -0.464 e. The highest BCUT2D eigenvalue weighted by Gasteiger charge is 2.27. The van der Waals surface area contributed by atoms with Crippen molar-refractivity contribution in [2.75, 3.05) is 6.54 Å². The maximum Gasteiger partial charge on any atom is 0.134 e. The van der Waals surface area contributed by atoms with E-state index in [1.807, 2.05) is 24.5 Å². The van der Waals surface area contributed by atoms with Crippen molar-refractivity contribution in [1.29, 1.82) is 0 Å². The molecule has 0 spiro atoms. The molecule has 3 heteroatoms. The first-order valence-corrected chi connectivity index (χ1v) is 7.65. The van der Waals surface area contributed by atoms with E-state index in [0.717, 1.165) is 48.8 Å². The average Bonchev–Trinajstić information content (AvgIpc) is 2.74. The summed E-state index contributed by atoms with van der Waals surface area (Å²) < 4.78 is 5.53. The monoisotopic (exact) mass is 273 g/mol. The molecule has 1 heterocycles. The summed E-state index contributed by atoms with van der Waals surface area (Å²) in [6, 6.07) is 8.07. The van der Waals surface area contributed by atoms with E-state index in [-0.39, 0.29) is 0 Å². The van der Waals surface area contributed by atoms with Crippen molar-refractivity contribution in [3.63, 3.8) is 0 Å². The van der Waals surface area contributed by atoms with E-state index in [2.05, 4.69) is 11.4 Å². The Balaban J connectivity index is 1.59. The summed E-state index contributed by atoms with van der Waals surface area (Å²) >= 11 is 0. The number of furan rings is 1. The van der Waals surface area contributed by atoms with E-state index in [1.54, 1.807) is 0 Å². The van der Waals surface area contributed by atoms with Gasteiger partial charge in [0.15, 0.2) is 0 Å². The summed E-state index contributed by atoms with van der Waals surface area (Å²) in [5, 5.41) is 15.2. The minimum atomic E-state index is -0.518. The van der Waals surface area contributed by atoms with Gasteiger partial charge in [0, 0.05) is 24.0 Å². The van der Waals surface area contributed by atoms with Gasteiger partial charge in [-0.15, -0.1) is 0 Å². The lowest BCUT2D eigenvalue weighted by Crippen LogP contribution is -2.39. The van der Waals surface area contributed by atoms with E-state index in [0.29, 0.717) is 6.54 Å². The highest BCUT2D eigenvalue weighted by Crippen LogP contribution is 2.26. The van der Waals surface area contributed by atoms with Crippen LogP contribution in [0.2, 0.25) is 0 Å². The summed E-state index contributed by atoms with van der Waals surface area (Å²) in [7, 11) is 0. The van der Waals surface area contributed by atoms with E-state index in [9.17, 15) is 5.11 Å². The van der Waals surface area contributed by atoms with Crippen LogP contribution in [-0.4, -0.2) is 17.3 Å². The van der Waals surface area contributed by atoms with Gasteiger partial charge in [-0.2, -0.15) is 0 Å². The Morgan fingerprint density at radius 1 is 1.10 bits per heavy atom. The number of nitrogens with one attached hydrogen (secondary N) is 1. The molecule has 1 aromatic heterocycles. The van der Waals surface area contributed by atoms with Crippen molar-refractivity contribution < 1.29 is 9.52 Å². The van der Waals surface area contributed by atoms with Gasteiger partial charge in [0.1, 0.15) is 5.58 Å². The molecular formula is C17H23NO2. The molecule has 1 aromatic carbocycles. The molecule has 20 heavy (non-hydrogen) atoms. The molecule has 1 saturated carbocycles. The fourth-order valence-electron chi connectivity index (χ4n) is 3.16. The Hall–Kier alpha value is -1.32. The molecule has 2 aromatic rings. The number of fused-ring (bicyclic) bond motifs is 1. The number of rotatable bonds is 4. The second-order valence-electron chi connectivity index (χ2n) is 6.00. The molecule has 2 N–H and O–H groups in total. The van der Waals surface area contributed by atoms with Crippen LogP contribution < -0.4 is 5.32 Å². The Bertz CT molecular complexity index is 553. The average molecular weight is 273 g/mol. The van der Waals surface area contributed by atoms with Crippen LogP contribution in [-0.2, 0) is 6.54 Å². The van der Waals surface area contributed by atoms with E-state index in [1.165, 1.54) is 12.8 Å². The number of benzene rings is 1. The third kappa shape index (κ3) is 3.05. The summed E-state index contributed by atoms with van der Waals surface area (Å²) in [6.07, 6.45) is 8.47. The molecule has 108 valence electrons. The van der Waals surface area contributed by atoms with Gasteiger partial charge in [0.2, 0.25) is 0 Å². The molecule has 0 aliphatic heterocycles. The molecule has 3 rings (SSSR count). The van der Waals surface area contributed by atoms with Gasteiger partial charge in [0.05, 0.1) is 11.9 Å². The molecule has 1 aliphatic carbocycles. The number of para-hydroxylation sites is 1. The second kappa shape index (κ2) is 5.98. The summed E-state index contributed by atoms with van der Waals surface area (Å²) in [5.74, 6) is 0. The van der Waals surface area contributed by atoms with Gasteiger partial charge in [-0.3, -0.25) is 0 Å². The van der Waals surface area contributed by atoms with E-state index >= 15 is 0 Å². The van der Waals surface area contributed by atoms with Crippen LogP contribution >= 0.6 is 0 Å². The quantitative estimate of drug-likeness (QED) is 0.836. The zero-order chi connectivity index (χ0) is 13.8. The minimum absolute atomic E-state index is 0.518. The highest BCUT2D eigenvalue weighted by molar-refractivity contribution is 5.80. The Labute approximate surface area is 120 Å². The third-order valence-corrected chi connectivity index (χ3v) is 4.36. The van der Waals surface area contributed by atoms with Crippen LogP contribution in [0.3, 0.4) is 0 Å². The van der Waals surface area contributed by atoms with Crippen LogP contribution in [0.4, 0.5) is 0 Å². The highest BCUT2D eigenvalue weighted by atomic mass is 16.3. The van der Waals surface area contributed by atoms with Crippen LogP contribution in [0.1, 0.15) is 44.1 Å². The first-order chi connectivity index (χ1) is 9.77. The molecule has 1 fully saturated rings. The van der Waals surface area contributed by atoms with Gasteiger partial charge in [-0.25, -0.2) is 0 Å². The molecule has 0 atom stereocenters. The fourth-order valence-corrected chi connectivity index (χ4v) is 3.16. The van der Waals surface area contributed by atoms with Crippen LogP contribution in [0.15, 0.2) is 34.9 Å². The van der Waals surface area contributed by atoms with Crippen LogP contribution in [0.5, 0.6) is 0 Å². The molecule has 0 amide bonds. The van der Waals surface area contributed by atoms with Crippen molar-refractivity contribution in [3.8, 4) is 0 Å². The topological polar surface area (TPSA) is 45.4 Å². The SMILES string of the molecule is OC1(CNCc2coc3ccccc23)CCCCCC1. The first-order valence-electron chi connectivity index (χ1n) is 7.65. The van der Waals surface area contributed by atoms with E-state index < -0.39 is 5.60 Å². The largest absolute Gasteiger partial charge is 0.464 e. The van der Waals surface area contributed by atoms with E-state index in [4.69, 9.17) is 4.42 Å². The zero-order valence-corrected chi connectivity index (χ0v) is 11.9. The number of aliphatic hydroxyl groups is 1. The molecule has 0 unspecified atom stereocenters. The lowest BCUT2D eigenvalue weighted by atomic mass is 9.94. The van der Waals surface area contributed by atoms with Gasteiger partial charge in [-0.05, 0) is 18.9 Å². The predicted molar refractivity (Wildman–Crippen MR) is 80.6 cm³/mol. The lowest BCUT2D eigenvalue weighted by Gasteiger charge is -2.26. The van der Waals surface area contributed by atoms with Gasteiger partial charge >= 0.3 is 0 Å². The van der Waals surface area contributed by atoms with Crippen LogP contribution in [0.25, 0.3) is 11.0 Å². The smallest absolute Gasteiger partial charge is 0.134 e. The Morgan fingerprint density at radius 3 is 2.65 bits per heavy atom. The molecule has 0 radical (unpaired) electrons. The van der Waals surface area contributed by atoms with Crippen molar-refractivity contribution in [2.24, 2.45) is 0 Å². The normalized spacial score (nSPS) is 19.1. The summed E-state index contributed by atoms with van der Waals surface area (Å²) in [5.41, 5.74) is 1.58. The van der Waals surface area contributed by atoms with Gasteiger partial charge in [-0.1, -0.05) is 43.9 Å². The number of hydrogen-bond acceptors (Lipinski definition) is 3. The Morgan fingerprint density at radius 2 is 1.85 bits per heavy atom. The summed E-state index contributed by atoms with van der Waals surface area (Å²) in [4.78, 5) is 0. The predicted octanol–water partition coefficient (Wildman–Crippen LogP) is 3.61. The van der Waals surface area contributed by atoms with Crippen molar-refractivity contribution >= 4 is 11.0 Å². The number of hydrogen-bond donors (Lipinski definition) is 2. The van der Waals surface area contributed by atoms with Gasteiger partial charge < -0.3 is 14.8 Å². The van der Waals surface area contributed by atoms with Crippen molar-refractivity contribution in [2.45, 2.75) is 50.7 Å². The molecule has 1 aliphatic rings. The zero-order valence-electron chi connectivity index (χ0n) is 11.9. The molecule has 0 bridgehead atoms. The molecule has 3 nitrogen and oxygen atoms in total. The maximum absolute atomic E-state index is 10.6. The fraction of sp³-hybridized carbons (Fsp3) is 0.529. The lowest BCUT2D eigenvalue weighted by molar-refractivity contribution is 0.0250. The summed E-state index contributed by atoms with van der Waals surface area (Å²) in [6.45, 7) is 1.42. The second-order valence-corrected chi connectivity index (χ2v) is 6.00. The Kier molecular flexibility index (Phi) is 4.08. The van der Waals surface area contributed by atoms with Crippen LogP contribution in [0, 0.1) is 0 Å².